The van der Waals surface area contributed by atoms with Gasteiger partial charge in [0, 0.05) is 31.6 Å². The predicted molar refractivity (Wildman–Crippen MR) is 146 cm³/mol. The van der Waals surface area contributed by atoms with Gasteiger partial charge in [-0.25, -0.2) is 0 Å². The minimum atomic E-state index is -1.05. The maximum Gasteiger partial charge on any atom is 0.239 e. The van der Waals surface area contributed by atoms with E-state index in [1.54, 1.807) is 13.8 Å². The van der Waals surface area contributed by atoms with Gasteiger partial charge in [0.05, 0.1) is 29.5 Å². The Kier molecular flexibility index (Phi) is 9.01. The zero-order valence-corrected chi connectivity index (χ0v) is 22.2. The second-order valence-electron chi connectivity index (χ2n) is 10.2. The molecule has 2 amide bonds. The number of nitrogens with one attached hydrogen (secondary N) is 1. The molecule has 7 nitrogen and oxygen atoms in total. The zero-order valence-electron chi connectivity index (χ0n) is 21.4. The first kappa shape index (κ1) is 28.2. The van der Waals surface area contributed by atoms with E-state index in [-0.39, 0.29) is 30.8 Å². The molecule has 1 atom stereocenters. The lowest BCUT2D eigenvalue weighted by Gasteiger charge is -2.39. The van der Waals surface area contributed by atoms with Gasteiger partial charge in [0.25, 0.3) is 0 Å². The molecule has 0 spiro atoms. The molecule has 1 saturated heterocycles. The number of nitriles is 1. The van der Waals surface area contributed by atoms with Crippen molar-refractivity contribution in [1.82, 2.24) is 10.2 Å². The van der Waals surface area contributed by atoms with Crippen LogP contribution in [-0.4, -0.2) is 48.5 Å². The molecule has 37 heavy (non-hydrogen) atoms. The van der Waals surface area contributed by atoms with Gasteiger partial charge >= 0.3 is 0 Å². The molecule has 2 aromatic carbocycles. The largest absolute Gasteiger partial charge is 0.493 e. The highest BCUT2D eigenvalue weighted by Gasteiger charge is 2.40. The van der Waals surface area contributed by atoms with Crippen LogP contribution in [-0.2, 0) is 15.0 Å². The highest BCUT2D eigenvalue weighted by Crippen LogP contribution is 2.36. The first-order valence-electron chi connectivity index (χ1n) is 12.5. The Hall–Kier alpha value is -3.34. The number of para-hydroxylation sites is 1. The van der Waals surface area contributed by atoms with E-state index in [0.29, 0.717) is 39.0 Å². The van der Waals surface area contributed by atoms with Gasteiger partial charge in [0.1, 0.15) is 5.75 Å². The highest BCUT2D eigenvalue weighted by atomic mass is 35.5. The van der Waals surface area contributed by atoms with Gasteiger partial charge in [-0.2, -0.15) is 5.26 Å². The Morgan fingerprint density at radius 2 is 1.78 bits per heavy atom. The van der Waals surface area contributed by atoms with Crippen molar-refractivity contribution < 1.29 is 14.3 Å². The third-order valence-electron chi connectivity index (χ3n) is 7.17. The Morgan fingerprint density at radius 1 is 1.14 bits per heavy atom. The lowest BCUT2D eigenvalue weighted by Crippen LogP contribution is -2.52. The number of fused-ring (bicyclic) bond motifs is 1. The average molecular weight is 523 g/mol. The van der Waals surface area contributed by atoms with Crippen LogP contribution in [0.15, 0.2) is 60.2 Å². The van der Waals surface area contributed by atoms with Gasteiger partial charge in [0.15, 0.2) is 0 Å². The van der Waals surface area contributed by atoms with Gasteiger partial charge < -0.3 is 20.7 Å². The molecule has 0 aliphatic carbocycles. The maximum atomic E-state index is 13.9. The Bertz CT molecular complexity index is 1180. The molecule has 1 fully saturated rings. The van der Waals surface area contributed by atoms with Crippen LogP contribution in [0.1, 0.15) is 44.2 Å². The quantitative estimate of drug-likeness (QED) is 0.599. The van der Waals surface area contributed by atoms with Crippen LogP contribution in [0.3, 0.4) is 0 Å². The molecule has 0 saturated carbocycles. The van der Waals surface area contributed by atoms with Gasteiger partial charge in [0.2, 0.25) is 11.8 Å². The smallest absolute Gasteiger partial charge is 0.239 e. The zero-order chi connectivity index (χ0) is 25.8. The van der Waals surface area contributed by atoms with E-state index in [1.165, 1.54) is 0 Å². The number of nitrogens with two attached hydrogens (primary N) is 1. The van der Waals surface area contributed by atoms with Crippen molar-refractivity contribution in [2.45, 2.75) is 44.1 Å². The highest BCUT2D eigenvalue weighted by molar-refractivity contribution is 5.87. The molecule has 1 unspecified atom stereocenters. The number of likely N-dealkylation sites (tertiary alicyclic amines) is 1. The van der Waals surface area contributed by atoms with E-state index in [1.807, 2.05) is 65.6 Å². The predicted octanol–water partition coefficient (Wildman–Crippen LogP) is 3.83. The molecule has 4 rings (SSSR count). The topological polar surface area (TPSA) is 108 Å². The van der Waals surface area contributed by atoms with Gasteiger partial charge in [-0.1, -0.05) is 60.2 Å². The van der Waals surface area contributed by atoms with Gasteiger partial charge in [-0.05, 0) is 38.3 Å². The fourth-order valence-electron chi connectivity index (χ4n) is 4.91. The first-order valence-corrected chi connectivity index (χ1v) is 12.5. The number of carbonyl (C=O) groups excluding carboxylic acids is 2. The third-order valence-corrected chi connectivity index (χ3v) is 7.17. The van der Waals surface area contributed by atoms with Gasteiger partial charge in [-0.3, -0.25) is 9.59 Å². The summed E-state index contributed by atoms with van der Waals surface area (Å²) in [5, 5.41) is 12.9. The second kappa shape index (κ2) is 11.8. The summed E-state index contributed by atoms with van der Waals surface area (Å²) in [4.78, 5) is 28.3. The number of piperidine rings is 1. The van der Waals surface area contributed by atoms with Crippen LogP contribution in [0.4, 0.5) is 0 Å². The van der Waals surface area contributed by atoms with Crippen molar-refractivity contribution in [3.63, 3.8) is 0 Å². The minimum Gasteiger partial charge on any atom is -0.493 e. The van der Waals surface area contributed by atoms with Crippen molar-refractivity contribution in [1.29, 1.82) is 5.26 Å². The number of halogens is 1. The van der Waals surface area contributed by atoms with Crippen LogP contribution in [0.2, 0.25) is 0 Å². The Balaban J connectivity index is 0.00000380. The molecule has 2 heterocycles. The van der Waals surface area contributed by atoms with Crippen LogP contribution in [0, 0.1) is 17.2 Å². The average Bonchev–Trinajstić information content (AvgIpc) is 3.11. The van der Waals surface area contributed by atoms with Crippen LogP contribution < -0.4 is 15.8 Å². The molecule has 2 aliphatic rings. The fraction of sp³-hybridized carbons (Fsp3) is 0.414. The molecule has 2 aromatic rings. The minimum absolute atomic E-state index is 0. The number of carbonyl (C=O) groups is 2. The van der Waals surface area contributed by atoms with Gasteiger partial charge in [-0.15, -0.1) is 12.4 Å². The number of ether oxygens (including phenoxy) is 1. The van der Waals surface area contributed by atoms with Crippen molar-refractivity contribution in [3.05, 3.63) is 71.3 Å². The molecule has 196 valence electrons. The van der Waals surface area contributed by atoms with E-state index < -0.39 is 16.9 Å². The van der Waals surface area contributed by atoms with Crippen LogP contribution in [0.5, 0.6) is 5.75 Å². The summed E-state index contributed by atoms with van der Waals surface area (Å²) in [6, 6.07) is 20.1. The molecule has 2 aliphatic heterocycles. The summed E-state index contributed by atoms with van der Waals surface area (Å²) in [5.41, 5.74) is 7.16. The normalized spacial score (nSPS) is 17.5. The summed E-state index contributed by atoms with van der Waals surface area (Å²) in [6.07, 6.45) is 3.73. The molecule has 3 N–H and O–H groups in total. The summed E-state index contributed by atoms with van der Waals surface area (Å²) >= 11 is 0. The third kappa shape index (κ3) is 6.33. The van der Waals surface area contributed by atoms with Crippen LogP contribution in [0.25, 0.3) is 6.08 Å². The molecule has 0 aromatic heterocycles. The summed E-state index contributed by atoms with van der Waals surface area (Å²) in [6.45, 7) is 4.86. The van der Waals surface area contributed by atoms with Crippen molar-refractivity contribution in [3.8, 4) is 11.8 Å². The van der Waals surface area contributed by atoms with E-state index in [2.05, 4.69) is 11.4 Å². The number of hydrogen-bond donors (Lipinski definition) is 2. The van der Waals surface area contributed by atoms with E-state index in [4.69, 9.17) is 10.5 Å². The fourth-order valence-corrected chi connectivity index (χ4v) is 4.91. The Morgan fingerprint density at radius 3 is 2.43 bits per heavy atom. The number of amides is 2. The van der Waals surface area contributed by atoms with Crippen molar-refractivity contribution in [2.24, 2.45) is 11.7 Å². The number of hydrogen-bond acceptors (Lipinski definition) is 5. The molecular formula is C29H35ClN4O3. The summed E-state index contributed by atoms with van der Waals surface area (Å²) < 4.78 is 5.90. The standard InChI is InChI=1S/C29H34N4O3.ClH/c1-28(2,31)27(35)32-19-24(21-12-17-36-25-11-7-6-8-22(25)18-21)26(34)33-15-13-29(20-30,14-16-33)23-9-4-3-5-10-23;/h3-11,18,24H,12-17,19,31H2,1-2H3,(H,32,35);1H. The van der Waals surface area contributed by atoms with Crippen molar-refractivity contribution >= 4 is 30.3 Å². The number of rotatable bonds is 6. The monoisotopic (exact) mass is 522 g/mol. The molecule has 8 heteroatoms. The number of benzene rings is 2. The van der Waals surface area contributed by atoms with Crippen LogP contribution >= 0.6 is 12.4 Å². The first-order chi connectivity index (χ1) is 17.2. The lowest BCUT2D eigenvalue weighted by atomic mass is 9.74. The molecule has 0 bridgehead atoms. The van der Waals surface area contributed by atoms with E-state index in [9.17, 15) is 14.9 Å². The van der Waals surface area contributed by atoms with Crippen molar-refractivity contribution in [2.75, 3.05) is 26.2 Å². The van der Waals surface area contributed by atoms with E-state index >= 15 is 0 Å². The second-order valence-corrected chi connectivity index (χ2v) is 10.2. The Labute approximate surface area is 225 Å². The maximum absolute atomic E-state index is 13.9. The summed E-state index contributed by atoms with van der Waals surface area (Å²) in [5.74, 6) is -0.115. The lowest BCUT2D eigenvalue weighted by molar-refractivity contribution is -0.136. The molecular weight excluding hydrogens is 488 g/mol. The SMILES string of the molecule is CC(C)(N)C(=O)NCC(C(=O)N1CCC(C#N)(c2ccccc2)CC1)C1=Cc2ccccc2OCC1.Cl. The molecule has 0 radical (unpaired) electrons. The summed E-state index contributed by atoms with van der Waals surface area (Å²) in [7, 11) is 0. The number of nitrogens with zero attached hydrogens (tertiary/aromatic N) is 2. The van der Waals surface area contributed by atoms with E-state index in [0.717, 1.165) is 22.4 Å².